The van der Waals surface area contributed by atoms with Crippen LogP contribution in [0.5, 0.6) is 0 Å². The highest BCUT2D eigenvalue weighted by Gasteiger charge is 2.21. The van der Waals surface area contributed by atoms with Crippen molar-refractivity contribution in [1.82, 2.24) is 15.5 Å². The number of piperidine rings is 1. The van der Waals surface area contributed by atoms with Gasteiger partial charge in [0.1, 0.15) is 0 Å². The summed E-state index contributed by atoms with van der Waals surface area (Å²) >= 11 is 0. The largest absolute Gasteiger partial charge is 0.325 e. The Hall–Kier alpha value is -1.88. The summed E-state index contributed by atoms with van der Waals surface area (Å²) in [6.45, 7) is 1.79. The number of aromatic amines is 1. The molecule has 1 aliphatic heterocycles. The van der Waals surface area contributed by atoms with E-state index in [1.807, 2.05) is 18.2 Å². The number of hydrogen-bond donors (Lipinski definition) is 3. The molecule has 1 aromatic heterocycles. The first kappa shape index (κ1) is 11.2. The lowest BCUT2D eigenvalue weighted by molar-refractivity contribution is -0.120. The molecule has 1 fully saturated rings. The van der Waals surface area contributed by atoms with E-state index < -0.39 is 0 Å². The normalized spacial score (nSPS) is 19.9. The second-order valence-corrected chi connectivity index (χ2v) is 4.67. The van der Waals surface area contributed by atoms with Gasteiger partial charge in [-0.1, -0.05) is 6.07 Å². The molecule has 5 nitrogen and oxygen atoms in total. The van der Waals surface area contributed by atoms with Gasteiger partial charge in [0.25, 0.3) is 0 Å². The molecule has 3 rings (SSSR count). The Balaban J connectivity index is 1.79. The van der Waals surface area contributed by atoms with Crippen molar-refractivity contribution >= 4 is 22.5 Å². The summed E-state index contributed by atoms with van der Waals surface area (Å²) in [7, 11) is 0. The van der Waals surface area contributed by atoms with Crippen molar-refractivity contribution in [2.24, 2.45) is 5.92 Å². The van der Waals surface area contributed by atoms with Crippen LogP contribution in [0.1, 0.15) is 12.8 Å². The maximum Gasteiger partial charge on any atom is 0.228 e. The number of amides is 1. The third-order valence-electron chi connectivity index (χ3n) is 3.41. The number of nitrogens with one attached hydrogen (secondary N) is 3. The lowest BCUT2D eigenvalue weighted by Gasteiger charge is -2.22. The molecule has 1 unspecified atom stereocenters. The smallest absolute Gasteiger partial charge is 0.228 e. The molecule has 3 N–H and O–H groups in total. The van der Waals surface area contributed by atoms with Crippen LogP contribution in [0.15, 0.2) is 24.4 Å². The zero-order chi connectivity index (χ0) is 12.4. The van der Waals surface area contributed by atoms with Gasteiger partial charge in [-0.05, 0) is 31.5 Å². The number of fused-ring (bicyclic) bond motifs is 1. The van der Waals surface area contributed by atoms with Crippen LogP contribution in [-0.2, 0) is 4.79 Å². The third-order valence-corrected chi connectivity index (χ3v) is 3.41. The number of aromatic nitrogens is 2. The molecule has 0 saturated carbocycles. The van der Waals surface area contributed by atoms with Gasteiger partial charge in [-0.15, -0.1) is 0 Å². The average molecular weight is 244 g/mol. The first-order valence-corrected chi connectivity index (χ1v) is 6.28. The summed E-state index contributed by atoms with van der Waals surface area (Å²) in [5, 5.41) is 14.1. The van der Waals surface area contributed by atoms with Gasteiger partial charge >= 0.3 is 0 Å². The number of H-pyrrole nitrogens is 1. The Morgan fingerprint density at radius 1 is 1.44 bits per heavy atom. The van der Waals surface area contributed by atoms with Gasteiger partial charge < -0.3 is 10.6 Å². The van der Waals surface area contributed by atoms with Crippen molar-refractivity contribution in [2.45, 2.75) is 12.8 Å². The van der Waals surface area contributed by atoms with Crippen LogP contribution < -0.4 is 10.6 Å². The van der Waals surface area contributed by atoms with Gasteiger partial charge in [0.05, 0.1) is 23.3 Å². The molecule has 1 aromatic carbocycles. The number of anilines is 1. The minimum atomic E-state index is 0.0703. The number of rotatable bonds is 2. The summed E-state index contributed by atoms with van der Waals surface area (Å²) in [5.41, 5.74) is 1.77. The molecule has 1 saturated heterocycles. The molecule has 0 radical (unpaired) electrons. The fourth-order valence-corrected chi connectivity index (χ4v) is 2.39. The standard InChI is InChI=1S/C13H16N4O/c18-13(9-3-2-6-14-7-9)16-11-4-1-5-12-10(11)8-15-17-12/h1,4-5,8-9,14H,2-3,6-7H2,(H,15,17)(H,16,18). The monoisotopic (exact) mass is 244 g/mol. The molecule has 1 aliphatic rings. The SMILES string of the molecule is O=C(Nc1cccc2[nH]ncc12)C1CCCNC1. The van der Waals surface area contributed by atoms with Crippen LogP contribution in [0.3, 0.4) is 0 Å². The number of nitrogens with zero attached hydrogens (tertiary/aromatic N) is 1. The van der Waals surface area contributed by atoms with E-state index in [4.69, 9.17) is 0 Å². The van der Waals surface area contributed by atoms with Crippen LogP contribution in [0.4, 0.5) is 5.69 Å². The molecule has 0 spiro atoms. The fourth-order valence-electron chi connectivity index (χ4n) is 2.39. The Bertz CT molecular complexity index is 557. The van der Waals surface area contributed by atoms with Crippen molar-refractivity contribution < 1.29 is 4.79 Å². The van der Waals surface area contributed by atoms with E-state index in [9.17, 15) is 4.79 Å². The van der Waals surface area contributed by atoms with Crippen molar-refractivity contribution in [3.05, 3.63) is 24.4 Å². The van der Waals surface area contributed by atoms with Gasteiger partial charge in [0.2, 0.25) is 5.91 Å². The summed E-state index contributed by atoms with van der Waals surface area (Å²) in [6, 6.07) is 5.77. The summed E-state index contributed by atoms with van der Waals surface area (Å²) in [4.78, 5) is 12.2. The Morgan fingerprint density at radius 3 is 3.22 bits per heavy atom. The lowest BCUT2D eigenvalue weighted by atomic mass is 9.98. The molecule has 1 atom stereocenters. The number of carbonyl (C=O) groups is 1. The number of benzene rings is 1. The summed E-state index contributed by atoms with van der Waals surface area (Å²) < 4.78 is 0. The van der Waals surface area contributed by atoms with Gasteiger partial charge in [0, 0.05) is 11.9 Å². The Kier molecular flexibility index (Phi) is 2.98. The first-order chi connectivity index (χ1) is 8.84. The van der Waals surface area contributed by atoms with E-state index in [-0.39, 0.29) is 11.8 Å². The summed E-state index contributed by atoms with van der Waals surface area (Å²) in [6.07, 6.45) is 3.76. The van der Waals surface area contributed by atoms with Crippen molar-refractivity contribution in [1.29, 1.82) is 0 Å². The van der Waals surface area contributed by atoms with Gasteiger partial charge in [-0.2, -0.15) is 5.10 Å². The fraction of sp³-hybridized carbons (Fsp3) is 0.385. The molecule has 2 heterocycles. The van der Waals surface area contributed by atoms with Gasteiger partial charge in [-0.25, -0.2) is 0 Å². The van der Waals surface area contributed by atoms with Crippen LogP contribution in [0, 0.1) is 5.92 Å². The highest BCUT2D eigenvalue weighted by molar-refractivity contribution is 6.01. The van der Waals surface area contributed by atoms with Crippen LogP contribution in [-0.4, -0.2) is 29.2 Å². The Morgan fingerprint density at radius 2 is 2.39 bits per heavy atom. The van der Waals surface area contributed by atoms with Crippen molar-refractivity contribution in [2.75, 3.05) is 18.4 Å². The van der Waals surface area contributed by atoms with Gasteiger partial charge in [0.15, 0.2) is 0 Å². The third kappa shape index (κ3) is 2.09. The predicted octanol–water partition coefficient (Wildman–Crippen LogP) is 1.50. The van der Waals surface area contributed by atoms with Crippen molar-refractivity contribution in [3.8, 4) is 0 Å². The van der Waals surface area contributed by atoms with Crippen LogP contribution in [0.2, 0.25) is 0 Å². The zero-order valence-electron chi connectivity index (χ0n) is 10.1. The highest BCUT2D eigenvalue weighted by Crippen LogP contribution is 2.22. The van der Waals surface area contributed by atoms with Crippen LogP contribution >= 0.6 is 0 Å². The minimum Gasteiger partial charge on any atom is -0.325 e. The van der Waals surface area contributed by atoms with E-state index in [1.54, 1.807) is 6.20 Å². The maximum absolute atomic E-state index is 12.2. The van der Waals surface area contributed by atoms with E-state index in [0.29, 0.717) is 0 Å². The average Bonchev–Trinajstić information content (AvgIpc) is 2.89. The van der Waals surface area contributed by atoms with Crippen molar-refractivity contribution in [3.63, 3.8) is 0 Å². The first-order valence-electron chi connectivity index (χ1n) is 6.28. The van der Waals surface area contributed by atoms with E-state index in [0.717, 1.165) is 42.5 Å². The lowest BCUT2D eigenvalue weighted by Crippen LogP contribution is -2.37. The predicted molar refractivity (Wildman–Crippen MR) is 70.3 cm³/mol. The molecular weight excluding hydrogens is 228 g/mol. The molecular formula is C13H16N4O. The number of carbonyl (C=O) groups excluding carboxylic acids is 1. The van der Waals surface area contributed by atoms with Crippen LogP contribution in [0.25, 0.3) is 10.9 Å². The van der Waals surface area contributed by atoms with Gasteiger partial charge in [-0.3, -0.25) is 9.89 Å². The topological polar surface area (TPSA) is 69.8 Å². The summed E-state index contributed by atoms with van der Waals surface area (Å²) in [5.74, 6) is 0.164. The van der Waals surface area contributed by atoms with E-state index in [1.165, 1.54) is 0 Å². The molecule has 5 heteroatoms. The number of hydrogen-bond acceptors (Lipinski definition) is 3. The molecule has 0 aliphatic carbocycles. The molecule has 94 valence electrons. The molecule has 0 bridgehead atoms. The highest BCUT2D eigenvalue weighted by atomic mass is 16.1. The molecule has 18 heavy (non-hydrogen) atoms. The minimum absolute atomic E-state index is 0.0703. The molecule has 2 aromatic rings. The zero-order valence-corrected chi connectivity index (χ0v) is 10.1. The quantitative estimate of drug-likeness (QED) is 0.749. The Labute approximate surface area is 105 Å². The maximum atomic E-state index is 12.2. The van der Waals surface area contributed by atoms with E-state index in [2.05, 4.69) is 20.8 Å². The van der Waals surface area contributed by atoms with E-state index >= 15 is 0 Å². The second-order valence-electron chi connectivity index (χ2n) is 4.67. The molecule has 1 amide bonds. The second kappa shape index (κ2) is 4.78.